The molecule has 0 spiro atoms. The summed E-state index contributed by atoms with van der Waals surface area (Å²) in [4.78, 5) is 2.24. The molecule has 0 bridgehead atoms. The molecule has 3 heterocycles. The SMILES string of the molecule is Cc1cc(C)n(-c2ccc(N3C[C@H](C)O[C@@H](c4ccccc4)C3)nn2)n1. The Morgan fingerprint density at radius 2 is 1.69 bits per heavy atom. The van der Waals surface area contributed by atoms with Gasteiger partial charge in [0.15, 0.2) is 11.6 Å². The number of rotatable bonds is 3. The minimum atomic E-state index is 0.0393. The normalized spacial score (nSPS) is 20.3. The van der Waals surface area contributed by atoms with Gasteiger partial charge in [0, 0.05) is 18.8 Å². The number of anilines is 1. The predicted molar refractivity (Wildman–Crippen MR) is 101 cm³/mol. The second-order valence-corrected chi connectivity index (χ2v) is 6.84. The van der Waals surface area contributed by atoms with Crippen molar-refractivity contribution in [3.63, 3.8) is 0 Å². The van der Waals surface area contributed by atoms with Gasteiger partial charge in [0.05, 0.1) is 11.8 Å². The first kappa shape index (κ1) is 16.7. The minimum Gasteiger partial charge on any atom is -0.367 e. The maximum atomic E-state index is 6.13. The molecule has 0 radical (unpaired) electrons. The average molecular weight is 349 g/mol. The molecule has 1 fully saturated rings. The van der Waals surface area contributed by atoms with Crippen molar-refractivity contribution in [3.8, 4) is 5.82 Å². The highest BCUT2D eigenvalue weighted by Gasteiger charge is 2.27. The summed E-state index contributed by atoms with van der Waals surface area (Å²) in [6.07, 6.45) is 0.170. The molecule has 6 nitrogen and oxygen atoms in total. The van der Waals surface area contributed by atoms with E-state index in [0.29, 0.717) is 0 Å². The average Bonchev–Trinajstić information content (AvgIpc) is 3.00. The molecule has 6 heteroatoms. The third-order valence-electron chi connectivity index (χ3n) is 4.62. The van der Waals surface area contributed by atoms with Gasteiger partial charge < -0.3 is 9.64 Å². The fourth-order valence-electron chi connectivity index (χ4n) is 3.45. The number of morpholine rings is 1. The molecule has 4 rings (SSSR count). The molecule has 3 aromatic rings. The summed E-state index contributed by atoms with van der Waals surface area (Å²) in [5.41, 5.74) is 3.21. The van der Waals surface area contributed by atoms with E-state index in [1.807, 2.05) is 54.9 Å². The summed E-state index contributed by atoms with van der Waals surface area (Å²) < 4.78 is 7.95. The lowest BCUT2D eigenvalue weighted by Crippen LogP contribution is -2.43. The fraction of sp³-hybridized carbons (Fsp3) is 0.350. The maximum absolute atomic E-state index is 6.13. The van der Waals surface area contributed by atoms with Crippen molar-refractivity contribution in [1.82, 2.24) is 20.0 Å². The Hall–Kier alpha value is -2.73. The van der Waals surface area contributed by atoms with Crippen LogP contribution in [0.5, 0.6) is 0 Å². The van der Waals surface area contributed by atoms with Gasteiger partial charge in [-0.15, -0.1) is 10.2 Å². The van der Waals surface area contributed by atoms with Gasteiger partial charge in [0.25, 0.3) is 0 Å². The molecule has 1 saturated heterocycles. The summed E-state index contributed by atoms with van der Waals surface area (Å²) in [7, 11) is 0. The lowest BCUT2D eigenvalue weighted by atomic mass is 10.1. The highest BCUT2D eigenvalue weighted by atomic mass is 16.5. The van der Waals surface area contributed by atoms with Gasteiger partial charge in [0.2, 0.25) is 0 Å². The summed E-state index contributed by atoms with van der Waals surface area (Å²) in [5.74, 6) is 1.60. The Morgan fingerprint density at radius 3 is 2.35 bits per heavy atom. The molecule has 0 amide bonds. The highest BCUT2D eigenvalue weighted by molar-refractivity contribution is 5.41. The van der Waals surface area contributed by atoms with Crippen LogP contribution in [0.2, 0.25) is 0 Å². The Labute approximate surface area is 153 Å². The van der Waals surface area contributed by atoms with Gasteiger partial charge in [0.1, 0.15) is 6.10 Å². The number of ether oxygens (including phenoxy) is 1. The van der Waals surface area contributed by atoms with Crippen LogP contribution in [0.1, 0.15) is 30.0 Å². The van der Waals surface area contributed by atoms with Gasteiger partial charge in [-0.05, 0) is 44.5 Å². The number of aryl methyl sites for hydroxylation is 2. The summed E-state index contributed by atoms with van der Waals surface area (Å²) in [6.45, 7) is 7.66. The first-order chi connectivity index (χ1) is 12.6. The number of hydrogen-bond acceptors (Lipinski definition) is 5. The molecule has 0 aliphatic carbocycles. The molecule has 26 heavy (non-hydrogen) atoms. The van der Waals surface area contributed by atoms with Gasteiger partial charge in [-0.3, -0.25) is 0 Å². The molecule has 0 N–H and O–H groups in total. The monoisotopic (exact) mass is 349 g/mol. The topological polar surface area (TPSA) is 56.1 Å². The van der Waals surface area contributed by atoms with Crippen LogP contribution in [-0.2, 0) is 4.74 Å². The van der Waals surface area contributed by atoms with E-state index in [-0.39, 0.29) is 12.2 Å². The van der Waals surface area contributed by atoms with Crippen molar-refractivity contribution in [2.75, 3.05) is 18.0 Å². The van der Waals surface area contributed by atoms with E-state index in [0.717, 1.165) is 36.1 Å². The van der Waals surface area contributed by atoms with Crippen molar-refractivity contribution in [1.29, 1.82) is 0 Å². The van der Waals surface area contributed by atoms with E-state index in [1.54, 1.807) is 0 Å². The second-order valence-electron chi connectivity index (χ2n) is 6.84. The standard InChI is InChI=1S/C20H23N5O/c1-14-11-15(2)25(23-14)20-10-9-19(21-22-20)24-12-16(3)26-18(13-24)17-7-5-4-6-8-17/h4-11,16,18H,12-13H2,1-3H3/t16-,18+/m0/s1. The van der Waals surface area contributed by atoms with Crippen LogP contribution in [-0.4, -0.2) is 39.2 Å². The quantitative estimate of drug-likeness (QED) is 0.726. The number of hydrogen-bond donors (Lipinski definition) is 0. The summed E-state index contributed by atoms with van der Waals surface area (Å²) in [5, 5.41) is 13.3. The van der Waals surface area contributed by atoms with Crippen LogP contribution in [0.25, 0.3) is 5.82 Å². The maximum Gasteiger partial charge on any atom is 0.176 e. The lowest BCUT2D eigenvalue weighted by Gasteiger charge is -2.37. The van der Waals surface area contributed by atoms with Gasteiger partial charge >= 0.3 is 0 Å². The van der Waals surface area contributed by atoms with Crippen LogP contribution in [0.4, 0.5) is 5.82 Å². The Kier molecular flexibility index (Phi) is 4.42. The molecular weight excluding hydrogens is 326 g/mol. The van der Waals surface area contributed by atoms with Crippen molar-refractivity contribution >= 4 is 5.82 Å². The second kappa shape index (κ2) is 6.88. The first-order valence-electron chi connectivity index (χ1n) is 8.93. The lowest BCUT2D eigenvalue weighted by molar-refractivity contribution is -0.0176. The predicted octanol–water partition coefficient (Wildman–Crippen LogP) is 3.25. The highest BCUT2D eigenvalue weighted by Crippen LogP contribution is 2.27. The molecule has 2 aromatic heterocycles. The van der Waals surface area contributed by atoms with E-state index in [1.165, 1.54) is 5.56 Å². The first-order valence-corrected chi connectivity index (χ1v) is 8.93. The van der Waals surface area contributed by atoms with Crippen molar-refractivity contribution in [3.05, 3.63) is 65.5 Å². The van der Waals surface area contributed by atoms with Crippen LogP contribution in [0.15, 0.2) is 48.5 Å². The van der Waals surface area contributed by atoms with E-state index in [9.17, 15) is 0 Å². The summed E-state index contributed by atoms with van der Waals surface area (Å²) in [6, 6.07) is 16.4. The zero-order valence-corrected chi connectivity index (χ0v) is 15.3. The number of nitrogens with zero attached hydrogens (tertiary/aromatic N) is 5. The zero-order chi connectivity index (χ0) is 18.1. The molecule has 0 unspecified atom stereocenters. The molecule has 1 aromatic carbocycles. The van der Waals surface area contributed by atoms with E-state index in [2.05, 4.69) is 39.3 Å². The third-order valence-corrected chi connectivity index (χ3v) is 4.62. The molecule has 2 atom stereocenters. The molecule has 0 saturated carbocycles. The van der Waals surface area contributed by atoms with Crippen LogP contribution in [0, 0.1) is 13.8 Å². The number of aromatic nitrogens is 4. The fourth-order valence-corrected chi connectivity index (χ4v) is 3.45. The van der Waals surface area contributed by atoms with Crippen molar-refractivity contribution in [2.45, 2.75) is 33.0 Å². The van der Waals surface area contributed by atoms with Gasteiger partial charge in [-0.1, -0.05) is 30.3 Å². The Balaban J connectivity index is 1.56. The molecule has 1 aliphatic heterocycles. The van der Waals surface area contributed by atoms with Crippen LogP contribution < -0.4 is 4.90 Å². The van der Waals surface area contributed by atoms with Crippen LogP contribution in [0.3, 0.4) is 0 Å². The van der Waals surface area contributed by atoms with E-state index < -0.39 is 0 Å². The van der Waals surface area contributed by atoms with E-state index >= 15 is 0 Å². The molecule has 1 aliphatic rings. The van der Waals surface area contributed by atoms with Crippen molar-refractivity contribution < 1.29 is 4.74 Å². The Bertz CT molecular complexity index is 875. The zero-order valence-electron chi connectivity index (χ0n) is 15.3. The van der Waals surface area contributed by atoms with Crippen molar-refractivity contribution in [2.24, 2.45) is 0 Å². The van der Waals surface area contributed by atoms with E-state index in [4.69, 9.17) is 4.74 Å². The smallest absolute Gasteiger partial charge is 0.176 e. The van der Waals surface area contributed by atoms with Crippen LogP contribution >= 0.6 is 0 Å². The summed E-state index contributed by atoms with van der Waals surface area (Å²) >= 11 is 0. The number of benzene rings is 1. The third kappa shape index (κ3) is 3.32. The minimum absolute atomic E-state index is 0.0393. The molecular formula is C20H23N5O. The largest absolute Gasteiger partial charge is 0.367 e. The van der Waals surface area contributed by atoms with Gasteiger partial charge in [-0.2, -0.15) is 5.10 Å². The molecule has 134 valence electrons. The van der Waals surface area contributed by atoms with Gasteiger partial charge in [-0.25, -0.2) is 4.68 Å². The Morgan fingerprint density at radius 1 is 0.962 bits per heavy atom.